The molecule has 1 aromatic heterocycles. The van der Waals surface area contributed by atoms with E-state index in [1.54, 1.807) is 0 Å². The fourth-order valence-electron chi connectivity index (χ4n) is 3.67. The minimum atomic E-state index is 0.308. The monoisotopic (exact) mass is 250 g/mol. The lowest BCUT2D eigenvalue weighted by Gasteiger charge is -2.44. The van der Waals surface area contributed by atoms with Gasteiger partial charge in [0.05, 0.1) is 5.69 Å². The molecule has 0 N–H and O–H groups in total. The highest BCUT2D eigenvalue weighted by Crippen LogP contribution is 2.48. The Morgan fingerprint density at radius 3 is 3.29 bits per heavy atom. The van der Waals surface area contributed by atoms with Crippen LogP contribution in [0.4, 0.5) is 0 Å². The van der Waals surface area contributed by atoms with Crippen LogP contribution in [0.3, 0.4) is 0 Å². The fraction of sp³-hybridized carbons (Fsp3) is 0.615. The number of pyridine rings is 1. The minimum Gasteiger partial charge on any atom is -0.488 e. The number of ether oxygens (including phenoxy) is 1. The van der Waals surface area contributed by atoms with Crippen molar-refractivity contribution in [3.63, 3.8) is 0 Å². The quantitative estimate of drug-likeness (QED) is 0.660. The van der Waals surface area contributed by atoms with Gasteiger partial charge in [-0.15, -0.1) is 0 Å². The number of hydrogen-bond donors (Lipinski definition) is 0. The van der Waals surface area contributed by atoms with Gasteiger partial charge in [-0.1, -0.05) is 11.6 Å². The second-order valence-electron chi connectivity index (χ2n) is 5.54. The molecule has 0 saturated carbocycles. The smallest absolute Gasteiger partial charge is 0.141 e. The molecule has 0 amide bonds. The van der Waals surface area contributed by atoms with Gasteiger partial charge in [-0.25, -0.2) is 4.98 Å². The zero-order valence-electron chi connectivity index (χ0n) is 9.66. The number of piperidine rings is 1. The van der Waals surface area contributed by atoms with Gasteiger partial charge in [0.2, 0.25) is 0 Å². The number of rotatable bonds is 0. The highest BCUT2D eigenvalue weighted by atomic mass is 35.5. The van der Waals surface area contributed by atoms with Crippen LogP contribution >= 0.6 is 11.6 Å². The molecule has 3 aliphatic heterocycles. The van der Waals surface area contributed by atoms with E-state index in [0.717, 1.165) is 24.3 Å². The summed E-state index contributed by atoms with van der Waals surface area (Å²) in [6.07, 6.45) is 3.81. The van der Waals surface area contributed by atoms with Crippen molar-refractivity contribution in [3.05, 3.63) is 23.0 Å². The number of nitrogens with zero attached hydrogens (tertiary/aromatic N) is 2. The average molecular weight is 251 g/mol. The first-order valence-electron chi connectivity index (χ1n) is 6.30. The Bertz CT molecular complexity index is 478. The molecule has 0 aromatic carbocycles. The van der Waals surface area contributed by atoms with Gasteiger partial charge in [0.25, 0.3) is 0 Å². The third-order valence-electron chi connectivity index (χ3n) is 4.54. The van der Waals surface area contributed by atoms with E-state index in [9.17, 15) is 0 Å². The van der Waals surface area contributed by atoms with Crippen molar-refractivity contribution in [1.29, 1.82) is 0 Å². The maximum Gasteiger partial charge on any atom is 0.141 e. The van der Waals surface area contributed by atoms with Crippen LogP contribution in [-0.4, -0.2) is 35.6 Å². The molecule has 0 aliphatic carbocycles. The predicted octanol–water partition coefficient (Wildman–Crippen LogP) is 2.13. The van der Waals surface area contributed by atoms with Gasteiger partial charge in [-0.05, 0) is 31.5 Å². The normalized spacial score (nSPS) is 38.2. The molecular formula is C13H15ClN2O. The van der Waals surface area contributed by atoms with Gasteiger partial charge in [-0.3, -0.25) is 0 Å². The summed E-state index contributed by atoms with van der Waals surface area (Å²) in [4.78, 5) is 6.99. The van der Waals surface area contributed by atoms with Crippen molar-refractivity contribution in [2.75, 3.05) is 19.6 Å². The first-order valence-corrected chi connectivity index (χ1v) is 6.67. The standard InChI is InChI=1S/C13H15ClN2O/c14-12-2-1-10-9(15-12)7-13-4-6-16(8-13)5-3-11(13)17-10/h1-2,11H,3-8H2/t11-,13-/m1/s1. The summed E-state index contributed by atoms with van der Waals surface area (Å²) in [6.45, 7) is 3.57. The summed E-state index contributed by atoms with van der Waals surface area (Å²) in [6, 6.07) is 3.79. The Labute approximate surface area is 106 Å². The molecule has 1 unspecified atom stereocenters. The van der Waals surface area contributed by atoms with Crippen molar-refractivity contribution in [1.82, 2.24) is 9.88 Å². The lowest BCUT2D eigenvalue weighted by atomic mass is 9.73. The van der Waals surface area contributed by atoms with E-state index in [2.05, 4.69) is 9.88 Å². The second-order valence-corrected chi connectivity index (χ2v) is 5.93. The van der Waals surface area contributed by atoms with Crippen LogP contribution in [0.5, 0.6) is 5.75 Å². The Morgan fingerprint density at radius 2 is 2.35 bits per heavy atom. The van der Waals surface area contributed by atoms with Crippen molar-refractivity contribution < 1.29 is 4.74 Å². The molecule has 0 radical (unpaired) electrons. The van der Waals surface area contributed by atoms with Crippen LogP contribution in [0.2, 0.25) is 5.15 Å². The molecule has 2 bridgehead atoms. The third kappa shape index (κ3) is 1.42. The second kappa shape index (κ2) is 3.36. The topological polar surface area (TPSA) is 25.4 Å². The minimum absolute atomic E-state index is 0.308. The summed E-state index contributed by atoms with van der Waals surface area (Å²) in [5.41, 5.74) is 1.36. The molecule has 1 aromatic rings. The van der Waals surface area contributed by atoms with E-state index in [1.165, 1.54) is 26.1 Å². The highest BCUT2D eigenvalue weighted by Gasteiger charge is 2.51. The Kier molecular flexibility index (Phi) is 2.01. The summed E-state index contributed by atoms with van der Waals surface area (Å²) < 4.78 is 6.16. The molecular weight excluding hydrogens is 236 g/mol. The number of halogens is 1. The lowest BCUT2D eigenvalue weighted by molar-refractivity contribution is -0.00191. The van der Waals surface area contributed by atoms with Gasteiger partial charge >= 0.3 is 0 Å². The molecule has 1 spiro atoms. The summed E-state index contributed by atoms with van der Waals surface area (Å²) in [7, 11) is 0. The summed E-state index contributed by atoms with van der Waals surface area (Å²) >= 11 is 5.97. The van der Waals surface area contributed by atoms with Crippen LogP contribution < -0.4 is 4.74 Å². The molecule has 4 heteroatoms. The number of aromatic nitrogens is 1. The molecule has 2 fully saturated rings. The fourth-order valence-corrected chi connectivity index (χ4v) is 3.83. The summed E-state index contributed by atoms with van der Waals surface area (Å²) in [5, 5.41) is 0.577. The van der Waals surface area contributed by atoms with E-state index in [-0.39, 0.29) is 0 Å². The largest absolute Gasteiger partial charge is 0.488 e. The van der Waals surface area contributed by atoms with Crippen LogP contribution in [0.1, 0.15) is 18.5 Å². The molecule has 3 aliphatic rings. The summed E-state index contributed by atoms with van der Waals surface area (Å²) in [5.74, 6) is 0.949. The molecule has 4 rings (SSSR count). The van der Waals surface area contributed by atoms with Crippen molar-refractivity contribution >= 4 is 11.6 Å². The maximum atomic E-state index is 6.16. The van der Waals surface area contributed by atoms with Gasteiger partial charge in [0.1, 0.15) is 17.0 Å². The number of fused-ring (bicyclic) bond motifs is 2. The Morgan fingerprint density at radius 1 is 1.41 bits per heavy atom. The van der Waals surface area contributed by atoms with Crippen molar-refractivity contribution in [2.24, 2.45) is 5.41 Å². The molecule has 3 nitrogen and oxygen atoms in total. The first-order chi connectivity index (χ1) is 8.25. The molecule has 3 atom stereocenters. The molecule has 90 valence electrons. The van der Waals surface area contributed by atoms with Gasteiger partial charge in [0.15, 0.2) is 0 Å². The van der Waals surface area contributed by atoms with Crippen LogP contribution in [0, 0.1) is 5.41 Å². The first kappa shape index (κ1) is 10.2. The van der Waals surface area contributed by atoms with Gasteiger partial charge < -0.3 is 9.64 Å². The SMILES string of the molecule is Clc1ccc2c(n1)C[C@@]13CCN(CC[C@H]1O2)C3. The lowest BCUT2D eigenvalue weighted by Crippen LogP contribution is -2.50. The van der Waals surface area contributed by atoms with Crippen LogP contribution in [0.25, 0.3) is 0 Å². The average Bonchev–Trinajstić information content (AvgIpc) is 2.64. The molecule has 2 saturated heterocycles. The van der Waals surface area contributed by atoms with Crippen LogP contribution in [-0.2, 0) is 6.42 Å². The molecule has 4 heterocycles. The zero-order chi connectivity index (χ0) is 11.5. The van der Waals surface area contributed by atoms with Crippen molar-refractivity contribution in [2.45, 2.75) is 25.4 Å². The van der Waals surface area contributed by atoms with Crippen LogP contribution in [0.15, 0.2) is 12.1 Å². The maximum absolute atomic E-state index is 6.16. The van der Waals surface area contributed by atoms with Gasteiger partial charge in [0, 0.05) is 24.9 Å². The third-order valence-corrected chi connectivity index (χ3v) is 4.75. The number of hydrogen-bond acceptors (Lipinski definition) is 3. The van der Waals surface area contributed by atoms with E-state index < -0.39 is 0 Å². The van der Waals surface area contributed by atoms with E-state index >= 15 is 0 Å². The Hall–Kier alpha value is -0.800. The van der Waals surface area contributed by atoms with E-state index in [0.29, 0.717) is 16.7 Å². The van der Waals surface area contributed by atoms with Gasteiger partial charge in [-0.2, -0.15) is 0 Å². The molecule has 17 heavy (non-hydrogen) atoms. The predicted molar refractivity (Wildman–Crippen MR) is 65.5 cm³/mol. The highest BCUT2D eigenvalue weighted by molar-refractivity contribution is 6.29. The van der Waals surface area contributed by atoms with E-state index in [4.69, 9.17) is 16.3 Å². The Balaban J connectivity index is 1.77. The van der Waals surface area contributed by atoms with Crippen molar-refractivity contribution in [3.8, 4) is 5.75 Å². The zero-order valence-corrected chi connectivity index (χ0v) is 10.4. The van der Waals surface area contributed by atoms with E-state index in [1.807, 2.05) is 12.1 Å².